The molecule has 0 radical (unpaired) electrons. The van der Waals surface area contributed by atoms with Crippen molar-refractivity contribution in [3.05, 3.63) is 22.5 Å². The molecule has 0 saturated carbocycles. The molecule has 14 heavy (non-hydrogen) atoms. The molecule has 0 unspecified atom stereocenters. The molecule has 0 amide bonds. The van der Waals surface area contributed by atoms with E-state index in [2.05, 4.69) is 12.6 Å². The Morgan fingerprint density at radius 2 is 2.07 bits per heavy atom. The zero-order chi connectivity index (χ0) is 10.3. The lowest BCUT2D eigenvalue weighted by Gasteiger charge is -2.04. The fourth-order valence-electron chi connectivity index (χ4n) is 1.33. The van der Waals surface area contributed by atoms with Gasteiger partial charge in [-0.15, -0.1) is 24.0 Å². The predicted molar refractivity (Wildman–Crippen MR) is 63.9 cm³/mol. The molecule has 2 N–H and O–H groups in total. The van der Waals surface area contributed by atoms with Crippen LogP contribution in [0, 0.1) is 0 Å². The minimum absolute atomic E-state index is 0.419. The predicted octanol–water partition coefficient (Wildman–Crippen LogP) is 1.52. The average Bonchev–Trinajstić information content (AvgIpc) is 2.47. The number of rotatable bonds is 1. The number of hydrogen-bond donors (Lipinski definition) is 3. The second-order valence-electron chi connectivity index (χ2n) is 2.83. The van der Waals surface area contributed by atoms with E-state index in [1.54, 1.807) is 11.4 Å². The highest BCUT2D eigenvalue weighted by Crippen LogP contribution is 2.30. The molecule has 0 aliphatic rings. The maximum absolute atomic E-state index is 9.18. The van der Waals surface area contributed by atoms with E-state index in [1.165, 1.54) is 11.3 Å². The standard InChI is InChI=1S/C8H6BClO2S2/c10-5-3-14-8-4(5)1-2-6(13)7(8)9(11)12/h1-3,11-13H. The van der Waals surface area contributed by atoms with Gasteiger partial charge in [0, 0.05) is 25.8 Å². The topological polar surface area (TPSA) is 40.5 Å². The molecule has 0 saturated heterocycles. The molecule has 0 bridgehead atoms. The lowest BCUT2D eigenvalue weighted by atomic mass is 9.80. The van der Waals surface area contributed by atoms with E-state index in [0.717, 1.165) is 10.1 Å². The molecule has 1 aromatic carbocycles. The molecule has 6 heteroatoms. The zero-order valence-electron chi connectivity index (χ0n) is 6.94. The van der Waals surface area contributed by atoms with E-state index in [-0.39, 0.29) is 0 Å². The summed E-state index contributed by atoms with van der Waals surface area (Å²) < 4.78 is 0.775. The Morgan fingerprint density at radius 3 is 2.71 bits per heavy atom. The van der Waals surface area contributed by atoms with Gasteiger partial charge in [-0.2, -0.15) is 0 Å². The Kier molecular flexibility index (Phi) is 2.77. The largest absolute Gasteiger partial charge is 0.491 e. The van der Waals surface area contributed by atoms with E-state index in [1.807, 2.05) is 6.07 Å². The molecule has 0 atom stereocenters. The normalized spacial score (nSPS) is 10.9. The molecule has 1 aromatic heterocycles. The maximum Gasteiger partial charge on any atom is 0.491 e. The van der Waals surface area contributed by atoms with Gasteiger partial charge in [0.25, 0.3) is 0 Å². The van der Waals surface area contributed by atoms with Crippen molar-refractivity contribution in [2.75, 3.05) is 0 Å². The molecule has 0 aliphatic heterocycles. The molecule has 1 heterocycles. The lowest BCUT2D eigenvalue weighted by molar-refractivity contribution is 0.425. The first-order chi connectivity index (χ1) is 6.61. The fraction of sp³-hybridized carbons (Fsp3) is 0. The van der Waals surface area contributed by atoms with Gasteiger partial charge in [0.2, 0.25) is 0 Å². The van der Waals surface area contributed by atoms with Crippen LogP contribution in [-0.2, 0) is 0 Å². The lowest BCUT2D eigenvalue weighted by Crippen LogP contribution is -2.31. The van der Waals surface area contributed by atoms with Crippen LogP contribution in [0.15, 0.2) is 22.4 Å². The van der Waals surface area contributed by atoms with Crippen molar-refractivity contribution in [1.82, 2.24) is 0 Å². The van der Waals surface area contributed by atoms with Crippen LogP contribution in [-0.4, -0.2) is 17.2 Å². The minimum atomic E-state index is -1.51. The third-order valence-electron chi connectivity index (χ3n) is 1.97. The molecule has 2 rings (SSSR count). The molecular formula is C8H6BClO2S2. The van der Waals surface area contributed by atoms with Gasteiger partial charge in [0.1, 0.15) is 0 Å². The van der Waals surface area contributed by atoms with Gasteiger partial charge in [0.15, 0.2) is 0 Å². The van der Waals surface area contributed by atoms with Crippen molar-refractivity contribution >= 4 is 58.2 Å². The molecule has 2 aromatic rings. The smallest absolute Gasteiger partial charge is 0.423 e. The van der Waals surface area contributed by atoms with E-state index >= 15 is 0 Å². The number of thiol groups is 1. The Morgan fingerprint density at radius 1 is 1.36 bits per heavy atom. The second kappa shape index (κ2) is 3.75. The summed E-state index contributed by atoms with van der Waals surface area (Å²) in [5.74, 6) is 0. The molecule has 0 aliphatic carbocycles. The summed E-state index contributed by atoms with van der Waals surface area (Å²) in [6.45, 7) is 0. The summed E-state index contributed by atoms with van der Waals surface area (Å²) in [5.41, 5.74) is 0.419. The minimum Gasteiger partial charge on any atom is -0.423 e. The Hall–Kier alpha value is -0.195. The summed E-state index contributed by atoms with van der Waals surface area (Å²) in [7, 11) is -1.51. The summed E-state index contributed by atoms with van der Waals surface area (Å²) in [6.07, 6.45) is 0. The first-order valence-corrected chi connectivity index (χ1v) is 5.56. The van der Waals surface area contributed by atoms with Crippen LogP contribution in [0.1, 0.15) is 0 Å². The van der Waals surface area contributed by atoms with Crippen LogP contribution in [0.5, 0.6) is 0 Å². The number of benzene rings is 1. The summed E-state index contributed by atoms with van der Waals surface area (Å²) in [5, 5.41) is 21.6. The molecule has 2 nitrogen and oxygen atoms in total. The SMILES string of the molecule is OB(O)c1c(S)ccc2c(Cl)csc12. The summed E-state index contributed by atoms with van der Waals surface area (Å²) in [6, 6.07) is 3.53. The maximum atomic E-state index is 9.18. The van der Waals surface area contributed by atoms with Crippen LogP contribution in [0.3, 0.4) is 0 Å². The fourth-order valence-corrected chi connectivity index (χ4v) is 3.05. The highest BCUT2D eigenvalue weighted by Gasteiger charge is 2.19. The van der Waals surface area contributed by atoms with E-state index in [9.17, 15) is 10.0 Å². The number of fused-ring (bicyclic) bond motifs is 1. The van der Waals surface area contributed by atoms with Crippen LogP contribution in [0.2, 0.25) is 5.02 Å². The van der Waals surface area contributed by atoms with Crippen molar-refractivity contribution in [2.24, 2.45) is 0 Å². The van der Waals surface area contributed by atoms with Gasteiger partial charge >= 0.3 is 7.12 Å². The van der Waals surface area contributed by atoms with E-state index in [0.29, 0.717) is 15.4 Å². The van der Waals surface area contributed by atoms with Gasteiger partial charge in [-0.1, -0.05) is 17.7 Å². The van der Waals surface area contributed by atoms with E-state index in [4.69, 9.17) is 11.6 Å². The van der Waals surface area contributed by atoms with Crippen LogP contribution in [0.4, 0.5) is 0 Å². The van der Waals surface area contributed by atoms with Crippen molar-refractivity contribution in [2.45, 2.75) is 4.90 Å². The summed E-state index contributed by atoms with van der Waals surface area (Å²) in [4.78, 5) is 0.561. The number of halogens is 1. The first kappa shape index (κ1) is 10.3. The number of hydrogen-bond acceptors (Lipinski definition) is 4. The number of thiophene rings is 1. The van der Waals surface area contributed by atoms with Crippen LogP contribution >= 0.6 is 35.6 Å². The second-order valence-corrected chi connectivity index (χ2v) is 4.60. The van der Waals surface area contributed by atoms with Crippen molar-refractivity contribution < 1.29 is 10.0 Å². The van der Waals surface area contributed by atoms with Gasteiger partial charge in [-0.25, -0.2) is 0 Å². The first-order valence-electron chi connectivity index (χ1n) is 3.86. The Balaban J connectivity index is 2.83. The highest BCUT2D eigenvalue weighted by atomic mass is 35.5. The third-order valence-corrected chi connectivity index (χ3v) is 3.83. The van der Waals surface area contributed by atoms with Crippen molar-refractivity contribution in [1.29, 1.82) is 0 Å². The van der Waals surface area contributed by atoms with Gasteiger partial charge in [-0.05, 0) is 6.07 Å². The average molecular weight is 245 g/mol. The quantitative estimate of drug-likeness (QED) is 0.526. The van der Waals surface area contributed by atoms with Crippen LogP contribution < -0.4 is 5.46 Å². The molecule has 0 fully saturated rings. The van der Waals surface area contributed by atoms with E-state index < -0.39 is 7.12 Å². The Labute approximate surface area is 95.7 Å². The third kappa shape index (κ3) is 1.55. The zero-order valence-corrected chi connectivity index (χ0v) is 9.40. The molecule has 0 spiro atoms. The van der Waals surface area contributed by atoms with Gasteiger partial charge in [0.05, 0.1) is 5.02 Å². The van der Waals surface area contributed by atoms with Gasteiger partial charge < -0.3 is 10.0 Å². The summed E-state index contributed by atoms with van der Waals surface area (Å²) >= 11 is 11.5. The molecular weight excluding hydrogens is 238 g/mol. The Bertz CT molecular complexity index is 483. The monoisotopic (exact) mass is 244 g/mol. The van der Waals surface area contributed by atoms with Gasteiger partial charge in [-0.3, -0.25) is 0 Å². The van der Waals surface area contributed by atoms with Crippen molar-refractivity contribution in [3.8, 4) is 0 Å². The van der Waals surface area contributed by atoms with Crippen LogP contribution in [0.25, 0.3) is 10.1 Å². The highest BCUT2D eigenvalue weighted by molar-refractivity contribution is 7.80. The van der Waals surface area contributed by atoms with Crippen molar-refractivity contribution in [3.63, 3.8) is 0 Å². The molecule has 72 valence electrons.